The van der Waals surface area contributed by atoms with Crippen LogP contribution in [0.3, 0.4) is 0 Å². The van der Waals surface area contributed by atoms with Crippen LogP contribution >= 0.6 is 27.5 Å². The number of carbonyl (C=O) groups excluding carboxylic acids is 1. The van der Waals surface area contributed by atoms with E-state index in [9.17, 15) is 4.79 Å². The standard InChI is InChI=1S/C39H46BrClN5O3/c1-46(36-11-4-5-20-42-36)37(47)39(40,41)38(27-43-46,49-35-15-13-29-17-22-45(33-9-6-10-33)24-19-31(29)26-35)48-34-14-12-28-16-21-44(23-18-30(28)25-34)32-7-2-3-8-32/h4-5,11-15,20,25-27,32-33H,2-3,6-10,16-19,21-24H2,1H3/q+1. The van der Waals surface area contributed by atoms with Crippen LogP contribution in [-0.2, 0) is 30.5 Å². The zero-order valence-electron chi connectivity index (χ0n) is 28.3. The number of amides is 1. The maximum absolute atomic E-state index is 14.5. The average molecular weight is 748 g/mol. The zero-order chi connectivity index (χ0) is 33.6. The monoisotopic (exact) mass is 746 g/mol. The molecule has 2 fully saturated rings. The predicted octanol–water partition coefficient (Wildman–Crippen LogP) is 7.03. The number of fused-ring (bicyclic) bond motifs is 2. The SMILES string of the molecule is C[N+]1(c2ccccn2)N=CC(Oc2ccc3c(c2)CCN(C2CCCC2)CC3)(Oc2ccc3c(c2)CCN(C2CCC2)CC3)C(Cl)(Br)C1=O. The van der Waals surface area contributed by atoms with E-state index < -0.39 is 20.1 Å². The van der Waals surface area contributed by atoms with Gasteiger partial charge in [-0.2, -0.15) is 0 Å². The Morgan fingerprint density at radius 2 is 1.31 bits per heavy atom. The van der Waals surface area contributed by atoms with Crippen molar-refractivity contribution in [3.8, 4) is 11.5 Å². The second kappa shape index (κ2) is 13.4. The first kappa shape index (κ1) is 33.3. The van der Waals surface area contributed by atoms with Crippen LogP contribution in [-0.4, -0.2) is 81.8 Å². The van der Waals surface area contributed by atoms with E-state index in [1.165, 1.54) is 67.2 Å². The highest BCUT2D eigenvalue weighted by Crippen LogP contribution is 2.47. The zero-order valence-corrected chi connectivity index (χ0v) is 30.7. The van der Waals surface area contributed by atoms with Crippen molar-refractivity contribution >= 4 is 45.5 Å². The molecule has 8 nitrogen and oxygen atoms in total. The number of ether oxygens (including phenoxy) is 2. The molecule has 0 radical (unpaired) electrons. The van der Waals surface area contributed by atoms with Crippen molar-refractivity contribution in [2.45, 2.75) is 92.3 Å². The summed E-state index contributed by atoms with van der Waals surface area (Å²) in [6, 6.07) is 19.3. The van der Waals surface area contributed by atoms with E-state index in [1.54, 1.807) is 25.5 Å². The number of halogens is 2. The fourth-order valence-corrected chi connectivity index (χ4v) is 9.29. The molecule has 0 N–H and O–H groups in total. The van der Waals surface area contributed by atoms with E-state index in [2.05, 4.69) is 55.0 Å². The number of nitrogens with zero attached hydrogens (tertiary/aromatic N) is 5. The number of pyridine rings is 1. The van der Waals surface area contributed by atoms with Crippen molar-refractivity contribution in [3.63, 3.8) is 0 Å². The second-order valence-electron chi connectivity index (χ2n) is 14.6. The van der Waals surface area contributed by atoms with Gasteiger partial charge in [-0.1, -0.05) is 58.8 Å². The Morgan fingerprint density at radius 1 is 0.776 bits per heavy atom. The first-order valence-corrected chi connectivity index (χ1v) is 19.3. The highest BCUT2D eigenvalue weighted by molar-refractivity contribution is 9.10. The summed E-state index contributed by atoms with van der Waals surface area (Å²) in [5.74, 6) is -0.667. The molecular formula is C39H46BrClN5O3+. The fraction of sp³-hybridized carbons (Fsp3) is 0.513. The summed E-state index contributed by atoms with van der Waals surface area (Å²) >= 11 is 11.0. The minimum Gasteiger partial charge on any atom is -0.444 e. The van der Waals surface area contributed by atoms with Crippen molar-refractivity contribution < 1.29 is 14.3 Å². The molecule has 5 aliphatic rings. The molecule has 49 heavy (non-hydrogen) atoms. The van der Waals surface area contributed by atoms with Gasteiger partial charge in [0, 0.05) is 50.5 Å². The Balaban J connectivity index is 1.12. The van der Waals surface area contributed by atoms with Gasteiger partial charge >= 0.3 is 11.7 Å². The van der Waals surface area contributed by atoms with Gasteiger partial charge in [-0.25, -0.2) is 9.78 Å². The lowest BCUT2D eigenvalue weighted by molar-refractivity contribution is -0.143. The molecule has 0 saturated heterocycles. The number of alkyl halides is 2. The lowest BCUT2D eigenvalue weighted by Crippen LogP contribution is -2.71. The molecule has 0 spiro atoms. The Morgan fingerprint density at radius 3 is 1.80 bits per heavy atom. The van der Waals surface area contributed by atoms with Crippen LogP contribution in [0.25, 0.3) is 0 Å². The summed E-state index contributed by atoms with van der Waals surface area (Å²) in [5, 5.41) is 4.78. The first-order chi connectivity index (χ1) is 23.7. The van der Waals surface area contributed by atoms with E-state index in [4.69, 9.17) is 26.2 Å². The van der Waals surface area contributed by atoms with Gasteiger partial charge in [-0.15, -0.1) is 0 Å². The largest absolute Gasteiger partial charge is 0.444 e. The molecule has 258 valence electrons. The van der Waals surface area contributed by atoms with Crippen molar-refractivity contribution in [2.24, 2.45) is 5.10 Å². The smallest absolute Gasteiger partial charge is 0.386 e. The van der Waals surface area contributed by atoms with Gasteiger partial charge in [0.05, 0.1) is 0 Å². The van der Waals surface area contributed by atoms with Gasteiger partial charge in [0.15, 0.2) is 0 Å². The number of hydrogen-bond acceptors (Lipinski definition) is 7. The van der Waals surface area contributed by atoms with Crippen molar-refractivity contribution in [1.29, 1.82) is 0 Å². The Bertz CT molecular complexity index is 1730. The molecule has 1 aromatic heterocycles. The van der Waals surface area contributed by atoms with Gasteiger partial charge < -0.3 is 9.47 Å². The molecule has 2 aliphatic carbocycles. The maximum atomic E-state index is 14.5. The third kappa shape index (κ3) is 6.24. The van der Waals surface area contributed by atoms with E-state index in [1.807, 2.05) is 24.3 Å². The molecule has 4 heterocycles. The number of aromatic nitrogens is 1. The van der Waals surface area contributed by atoms with Crippen LogP contribution in [0.2, 0.25) is 0 Å². The molecule has 2 saturated carbocycles. The van der Waals surface area contributed by atoms with Crippen molar-refractivity contribution in [3.05, 3.63) is 83.0 Å². The highest BCUT2D eigenvalue weighted by atomic mass is 79.9. The number of carbonyl (C=O) groups is 1. The molecule has 2 aromatic carbocycles. The molecule has 0 bridgehead atoms. The fourth-order valence-electron chi connectivity index (χ4n) is 8.39. The number of hydrogen-bond donors (Lipinski definition) is 0. The van der Waals surface area contributed by atoms with Gasteiger partial charge in [0.1, 0.15) is 24.8 Å². The molecule has 10 heteroatoms. The van der Waals surface area contributed by atoms with Gasteiger partial charge in [0.2, 0.25) is 0 Å². The molecule has 3 aliphatic heterocycles. The van der Waals surface area contributed by atoms with Crippen LogP contribution in [0.4, 0.5) is 5.82 Å². The van der Waals surface area contributed by atoms with E-state index >= 15 is 0 Å². The third-order valence-corrected chi connectivity index (χ3v) is 13.0. The van der Waals surface area contributed by atoms with Crippen LogP contribution in [0, 0.1) is 0 Å². The molecule has 3 unspecified atom stereocenters. The number of rotatable bonds is 7. The summed E-state index contributed by atoms with van der Waals surface area (Å²) in [6.07, 6.45) is 16.3. The van der Waals surface area contributed by atoms with Crippen LogP contribution in [0.15, 0.2) is 65.9 Å². The van der Waals surface area contributed by atoms with E-state index in [0.717, 1.165) is 57.9 Å². The van der Waals surface area contributed by atoms with Crippen LogP contribution in [0.1, 0.15) is 67.2 Å². The molecular weight excluding hydrogens is 702 g/mol. The minimum absolute atomic E-state index is 0.444. The van der Waals surface area contributed by atoms with Gasteiger partial charge in [-0.3, -0.25) is 9.80 Å². The lowest BCUT2D eigenvalue weighted by Gasteiger charge is -2.43. The van der Waals surface area contributed by atoms with Crippen molar-refractivity contribution in [1.82, 2.24) is 19.4 Å². The Labute approximate surface area is 303 Å². The number of benzene rings is 2. The number of quaternary nitrogens is 1. The van der Waals surface area contributed by atoms with Gasteiger partial charge in [-0.05, 0) is 120 Å². The normalized spacial score (nSPS) is 29.8. The average Bonchev–Trinajstić information content (AvgIpc) is 3.44. The van der Waals surface area contributed by atoms with E-state index in [-0.39, 0.29) is 0 Å². The summed E-state index contributed by atoms with van der Waals surface area (Å²) in [6.45, 7) is 4.24. The first-order valence-electron chi connectivity index (χ1n) is 18.1. The second-order valence-corrected chi connectivity index (χ2v) is 16.8. The maximum Gasteiger partial charge on any atom is 0.386 e. The van der Waals surface area contributed by atoms with Crippen LogP contribution < -0.4 is 14.1 Å². The molecule has 1 amide bonds. The molecule has 3 atom stereocenters. The quantitative estimate of drug-likeness (QED) is 0.147. The third-order valence-electron chi connectivity index (χ3n) is 11.7. The topological polar surface area (TPSA) is 67.3 Å². The summed E-state index contributed by atoms with van der Waals surface area (Å²) < 4.78 is 11.3. The van der Waals surface area contributed by atoms with Crippen LogP contribution in [0.5, 0.6) is 11.5 Å². The lowest BCUT2D eigenvalue weighted by atomic mass is 9.91. The van der Waals surface area contributed by atoms with Crippen molar-refractivity contribution in [2.75, 3.05) is 33.2 Å². The Hall–Kier alpha value is -2.82. The van der Waals surface area contributed by atoms with Gasteiger partial charge in [0.25, 0.3) is 9.60 Å². The predicted molar refractivity (Wildman–Crippen MR) is 198 cm³/mol. The highest BCUT2D eigenvalue weighted by Gasteiger charge is 2.69. The Kier molecular flexibility index (Phi) is 9.10. The molecule has 8 rings (SSSR count). The summed E-state index contributed by atoms with van der Waals surface area (Å²) in [5.41, 5.74) is 5.20. The molecule has 3 aromatic rings. The summed E-state index contributed by atoms with van der Waals surface area (Å²) in [7, 11) is 1.68. The minimum atomic E-state index is -1.85. The summed E-state index contributed by atoms with van der Waals surface area (Å²) in [4.78, 5) is 24.3. The van der Waals surface area contributed by atoms with E-state index in [0.29, 0.717) is 23.4 Å².